The van der Waals surface area contributed by atoms with E-state index in [1.54, 1.807) is 24.8 Å². The largest absolute Gasteiger partial charge is 0.352 e. The fourth-order valence-electron chi connectivity index (χ4n) is 5.35. The summed E-state index contributed by atoms with van der Waals surface area (Å²) in [5, 5.41) is 12.5. The van der Waals surface area contributed by atoms with Gasteiger partial charge in [-0.05, 0) is 65.6 Å². The van der Waals surface area contributed by atoms with Crippen LogP contribution in [-0.2, 0) is 11.2 Å². The van der Waals surface area contributed by atoms with Gasteiger partial charge in [0.1, 0.15) is 11.5 Å². The normalized spacial score (nSPS) is 11.3. The van der Waals surface area contributed by atoms with Crippen LogP contribution in [0.1, 0.15) is 11.1 Å². The zero-order valence-corrected chi connectivity index (χ0v) is 22.6. The molecule has 0 aliphatic carbocycles. The van der Waals surface area contributed by atoms with E-state index in [2.05, 4.69) is 36.5 Å². The zero-order valence-electron chi connectivity index (χ0n) is 22.6. The van der Waals surface area contributed by atoms with Crippen molar-refractivity contribution in [3.8, 4) is 33.6 Å². The zero-order chi connectivity index (χ0) is 28.6. The first kappa shape index (κ1) is 25.3. The van der Waals surface area contributed by atoms with Gasteiger partial charge in [-0.3, -0.25) is 19.9 Å². The summed E-state index contributed by atoms with van der Waals surface area (Å²) >= 11 is 0. The van der Waals surface area contributed by atoms with Crippen molar-refractivity contribution in [3.63, 3.8) is 0 Å². The van der Waals surface area contributed by atoms with Crippen LogP contribution in [0, 0.1) is 12.7 Å². The Labute approximate surface area is 240 Å². The van der Waals surface area contributed by atoms with E-state index in [0.717, 1.165) is 66.6 Å². The molecule has 7 nitrogen and oxygen atoms in total. The Morgan fingerprint density at radius 2 is 1.67 bits per heavy atom. The second-order valence-electron chi connectivity index (χ2n) is 10.4. The first-order valence-corrected chi connectivity index (χ1v) is 13.5. The molecule has 0 aliphatic rings. The van der Waals surface area contributed by atoms with Gasteiger partial charge in [0.2, 0.25) is 5.91 Å². The molecule has 0 saturated carbocycles. The fourth-order valence-corrected chi connectivity index (χ4v) is 5.35. The number of hydrogen-bond donors (Lipinski definition) is 3. The number of rotatable bonds is 6. The third-order valence-electron chi connectivity index (χ3n) is 7.28. The molecule has 42 heavy (non-hydrogen) atoms. The van der Waals surface area contributed by atoms with Crippen molar-refractivity contribution in [3.05, 3.63) is 121 Å². The molecule has 1 amide bonds. The van der Waals surface area contributed by atoms with Gasteiger partial charge in [0.25, 0.3) is 0 Å². The predicted octanol–water partition coefficient (Wildman–Crippen LogP) is 7.46. The Balaban J connectivity index is 1.22. The van der Waals surface area contributed by atoms with E-state index >= 15 is 0 Å². The van der Waals surface area contributed by atoms with Gasteiger partial charge in [0, 0.05) is 34.3 Å². The topological polar surface area (TPSA) is 99.3 Å². The van der Waals surface area contributed by atoms with Crippen LogP contribution in [0.15, 0.2) is 104 Å². The lowest BCUT2D eigenvalue weighted by molar-refractivity contribution is -0.115. The lowest BCUT2D eigenvalue weighted by Crippen LogP contribution is -2.14. The number of anilines is 1. The molecule has 7 aromatic rings. The molecule has 0 unspecified atom stereocenters. The summed E-state index contributed by atoms with van der Waals surface area (Å²) in [6, 6.07) is 24.6. The van der Waals surface area contributed by atoms with Crippen molar-refractivity contribution < 1.29 is 9.18 Å². The molecule has 204 valence electrons. The third kappa shape index (κ3) is 4.90. The minimum Gasteiger partial charge on any atom is -0.352 e. The number of halogens is 1. The first-order chi connectivity index (χ1) is 20.5. The highest BCUT2D eigenvalue weighted by molar-refractivity contribution is 6.01. The van der Waals surface area contributed by atoms with Gasteiger partial charge in [-0.1, -0.05) is 42.5 Å². The average molecular weight is 553 g/mol. The Kier molecular flexibility index (Phi) is 6.28. The predicted molar refractivity (Wildman–Crippen MR) is 163 cm³/mol. The number of amides is 1. The van der Waals surface area contributed by atoms with Crippen LogP contribution in [0.5, 0.6) is 0 Å². The minimum atomic E-state index is -0.280. The molecule has 7 rings (SSSR count). The minimum absolute atomic E-state index is 0.103. The molecular formula is C34H25FN6O. The number of aryl methyl sites for hydroxylation is 1. The molecule has 0 spiro atoms. The van der Waals surface area contributed by atoms with Gasteiger partial charge < -0.3 is 10.3 Å². The van der Waals surface area contributed by atoms with E-state index in [0.29, 0.717) is 5.69 Å². The summed E-state index contributed by atoms with van der Waals surface area (Å²) in [6.07, 6.45) is 7.22. The van der Waals surface area contributed by atoms with Crippen molar-refractivity contribution in [2.45, 2.75) is 13.3 Å². The van der Waals surface area contributed by atoms with Gasteiger partial charge >= 0.3 is 0 Å². The lowest BCUT2D eigenvalue weighted by Gasteiger charge is -2.08. The van der Waals surface area contributed by atoms with E-state index < -0.39 is 0 Å². The maximum Gasteiger partial charge on any atom is 0.228 e. The van der Waals surface area contributed by atoms with E-state index in [4.69, 9.17) is 0 Å². The van der Waals surface area contributed by atoms with Crippen molar-refractivity contribution >= 4 is 33.4 Å². The summed E-state index contributed by atoms with van der Waals surface area (Å²) in [5.41, 5.74) is 9.12. The maximum absolute atomic E-state index is 14.2. The second kappa shape index (κ2) is 10.4. The summed E-state index contributed by atoms with van der Waals surface area (Å²) in [4.78, 5) is 24.8. The van der Waals surface area contributed by atoms with Crippen molar-refractivity contribution in [1.82, 2.24) is 25.1 Å². The monoisotopic (exact) mass is 552 g/mol. The molecule has 3 N–H and O–H groups in total. The van der Waals surface area contributed by atoms with Crippen LogP contribution in [0.3, 0.4) is 0 Å². The number of carbonyl (C=O) groups excluding carboxylic acids is 1. The molecule has 0 aliphatic heterocycles. The molecule has 4 aromatic heterocycles. The SMILES string of the molecule is Cc1cc(F)cc(-c2cncc3[nH]c(-c4n[nH]c5ccc(-c6cncc(NC(=O)Cc7ccccc7)c6)cc45)cc23)c1. The first-order valence-electron chi connectivity index (χ1n) is 13.5. The third-order valence-corrected chi connectivity index (χ3v) is 7.28. The Morgan fingerprint density at radius 1 is 0.810 bits per heavy atom. The quantitative estimate of drug-likeness (QED) is 0.199. The number of nitrogens with zero attached hydrogens (tertiary/aromatic N) is 3. The number of fused-ring (bicyclic) bond motifs is 2. The van der Waals surface area contributed by atoms with Crippen LogP contribution in [0.25, 0.3) is 55.4 Å². The number of aromatic amines is 2. The summed E-state index contributed by atoms with van der Waals surface area (Å²) in [6.45, 7) is 1.88. The van der Waals surface area contributed by atoms with Crippen LogP contribution in [0.2, 0.25) is 0 Å². The van der Waals surface area contributed by atoms with Crippen LogP contribution in [-0.4, -0.2) is 31.1 Å². The van der Waals surface area contributed by atoms with E-state index in [9.17, 15) is 9.18 Å². The van der Waals surface area contributed by atoms with Crippen molar-refractivity contribution in [2.24, 2.45) is 0 Å². The summed E-state index contributed by atoms with van der Waals surface area (Å²) in [5.74, 6) is -0.383. The summed E-state index contributed by atoms with van der Waals surface area (Å²) < 4.78 is 14.2. The molecule has 0 saturated heterocycles. The van der Waals surface area contributed by atoms with E-state index in [1.807, 2.05) is 67.6 Å². The van der Waals surface area contributed by atoms with Gasteiger partial charge in [-0.25, -0.2) is 4.39 Å². The smallest absolute Gasteiger partial charge is 0.228 e. The second-order valence-corrected chi connectivity index (χ2v) is 10.4. The average Bonchev–Trinajstić information content (AvgIpc) is 3.61. The molecule has 8 heteroatoms. The number of nitrogens with one attached hydrogen (secondary N) is 3. The Hall–Kier alpha value is -5.63. The van der Waals surface area contributed by atoms with Gasteiger partial charge in [-0.15, -0.1) is 0 Å². The number of carbonyl (C=O) groups is 1. The lowest BCUT2D eigenvalue weighted by atomic mass is 10.0. The van der Waals surface area contributed by atoms with Crippen LogP contribution < -0.4 is 5.32 Å². The van der Waals surface area contributed by atoms with Crippen LogP contribution >= 0.6 is 0 Å². The van der Waals surface area contributed by atoms with E-state index in [-0.39, 0.29) is 18.1 Å². The molecule has 0 radical (unpaired) electrons. The van der Waals surface area contributed by atoms with Crippen molar-refractivity contribution in [1.29, 1.82) is 0 Å². The Bertz CT molecular complexity index is 2080. The number of H-pyrrole nitrogens is 2. The maximum atomic E-state index is 14.2. The number of benzene rings is 3. The molecule has 3 aromatic carbocycles. The van der Waals surface area contributed by atoms with Crippen molar-refractivity contribution in [2.75, 3.05) is 5.32 Å². The highest BCUT2D eigenvalue weighted by Gasteiger charge is 2.16. The number of pyridine rings is 2. The molecule has 4 heterocycles. The molecular weight excluding hydrogens is 527 g/mol. The van der Waals surface area contributed by atoms with Gasteiger partial charge in [0.05, 0.1) is 41.2 Å². The van der Waals surface area contributed by atoms with E-state index in [1.165, 1.54) is 12.1 Å². The fraction of sp³-hybridized carbons (Fsp3) is 0.0588. The van der Waals surface area contributed by atoms with Crippen LogP contribution in [0.4, 0.5) is 10.1 Å². The number of hydrogen-bond acceptors (Lipinski definition) is 4. The molecule has 0 atom stereocenters. The molecule has 0 bridgehead atoms. The highest BCUT2D eigenvalue weighted by atomic mass is 19.1. The Morgan fingerprint density at radius 3 is 2.52 bits per heavy atom. The van der Waals surface area contributed by atoms with Gasteiger partial charge in [-0.2, -0.15) is 5.10 Å². The molecule has 0 fully saturated rings. The van der Waals surface area contributed by atoms with Gasteiger partial charge in [0.15, 0.2) is 0 Å². The highest BCUT2D eigenvalue weighted by Crippen LogP contribution is 2.35. The summed E-state index contributed by atoms with van der Waals surface area (Å²) in [7, 11) is 0. The standard InChI is InChI=1S/C34H25FN6O/c1-20-9-23(12-25(35)10-20)29-18-37-19-32-27(29)15-31(39-32)34-28-14-22(7-8-30(28)40-41-34)24-13-26(17-36-16-24)38-33(42)11-21-5-3-2-4-6-21/h2-10,12-19,39H,11H2,1H3,(H,38,42)(H,40,41). The number of aromatic nitrogens is 5.